The van der Waals surface area contributed by atoms with Gasteiger partial charge in [0, 0.05) is 24.2 Å². The molecule has 3 rings (SSSR count). The minimum absolute atomic E-state index is 0.00389. The van der Waals surface area contributed by atoms with E-state index in [1.54, 1.807) is 12.1 Å². The van der Waals surface area contributed by atoms with E-state index in [0.717, 1.165) is 29.9 Å². The Bertz CT molecular complexity index is 901. The lowest BCUT2D eigenvalue weighted by Gasteiger charge is -2.32. The van der Waals surface area contributed by atoms with Crippen molar-refractivity contribution < 1.29 is 19.3 Å². The summed E-state index contributed by atoms with van der Waals surface area (Å²) in [5.74, 6) is -0.138. The number of rotatable bonds is 7. The Labute approximate surface area is 183 Å². The van der Waals surface area contributed by atoms with E-state index in [-0.39, 0.29) is 24.1 Å². The molecule has 3 amide bonds. The molecular formula is C24H31N4O3+. The highest BCUT2D eigenvalue weighted by atomic mass is 16.2. The maximum atomic E-state index is 12.5. The first-order chi connectivity index (χ1) is 14.9. The number of anilines is 1. The van der Waals surface area contributed by atoms with Crippen molar-refractivity contribution in [3.63, 3.8) is 0 Å². The van der Waals surface area contributed by atoms with Crippen LogP contribution in [0.25, 0.3) is 0 Å². The fraction of sp³-hybridized carbons (Fsp3) is 0.375. The van der Waals surface area contributed by atoms with Crippen LogP contribution in [0, 0.1) is 13.8 Å². The summed E-state index contributed by atoms with van der Waals surface area (Å²) in [4.78, 5) is 40.0. The van der Waals surface area contributed by atoms with Gasteiger partial charge in [-0.25, -0.2) is 0 Å². The zero-order valence-electron chi connectivity index (χ0n) is 18.2. The van der Waals surface area contributed by atoms with Gasteiger partial charge in [-0.15, -0.1) is 0 Å². The second-order valence-electron chi connectivity index (χ2n) is 7.99. The van der Waals surface area contributed by atoms with Crippen molar-refractivity contribution in [3.8, 4) is 0 Å². The Morgan fingerprint density at radius 3 is 2.23 bits per heavy atom. The van der Waals surface area contributed by atoms with Crippen LogP contribution in [0.2, 0.25) is 0 Å². The minimum atomic E-state index is -0.169. The number of nitrogens with one attached hydrogen (secondary N) is 3. The van der Waals surface area contributed by atoms with Crippen LogP contribution in [0.3, 0.4) is 0 Å². The van der Waals surface area contributed by atoms with Crippen molar-refractivity contribution >= 4 is 23.4 Å². The molecule has 0 aliphatic carbocycles. The highest BCUT2D eigenvalue weighted by Crippen LogP contribution is 2.18. The fourth-order valence-electron chi connectivity index (χ4n) is 3.80. The lowest BCUT2D eigenvalue weighted by molar-refractivity contribution is -0.895. The summed E-state index contributed by atoms with van der Waals surface area (Å²) in [5, 5.41) is 5.82. The van der Waals surface area contributed by atoms with Crippen LogP contribution in [0.1, 0.15) is 27.9 Å². The summed E-state index contributed by atoms with van der Waals surface area (Å²) in [6.45, 7) is 7.41. The molecule has 0 aromatic heterocycles. The number of quaternary nitrogens is 1. The van der Waals surface area contributed by atoms with Gasteiger partial charge < -0.3 is 20.4 Å². The molecular weight excluding hydrogens is 392 g/mol. The average molecular weight is 424 g/mol. The Kier molecular flexibility index (Phi) is 7.78. The van der Waals surface area contributed by atoms with Gasteiger partial charge in [0.15, 0.2) is 6.54 Å². The second-order valence-corrected chi connectivity index (χ2v) is 7.99. The second kappa shape index (κ2) is 10.7. The Morgan fingerprint density at radius 2 is 1.58 bits per heavy atom. The van der Waals surface area contributed by atoms with Gasteiger partial charge in [-0.2, -0.15) is 0 Å². The largest absolute Gasteiger partial charge is 0.352 e. The SMILES string of the molecule is Cc1cccc(C)c1NC(=O)C[NH+]1CCN(C(=O)CCNC(=O)c2ccccc2)CC1. The van der Waals surface area contributed by atoms with E-state index in [9.17, 15) is 14.4 Å². The van der Waals surface area contributed by atoms with Crippen molar-refractivity contribution in [1.29, 1.82) is 0 Å². The number of nitrogens with zero attached hydrogens (tertiary/aromatic N) is 1. The Hall–Kier alpha value is -3.19. The van der Waals surface area contributed by atoms with Crippen molar-refractivity contribution in [2.75, 3.05) is 44.6 Å². The lowest BCUT2D eigenvalue weighted by atomic mass is 10.1. The third kappa shape index (κ3) is 6.39. The van der Waals surface area contributed by atoms with Crippen LogP contribution in [0.15, 0.2) is 48.5 Å². The third-order valence-electron chi connectivity index (χ3n) is 5.64. The molecule has 0 spiro atoms. The maximum Gasteiger partial charge on any atom is 0.279 e. The summed E-state index contributed by atoms with van der Waals surface area (Å²) in [7, 11) is 0. The number of aryl methyl sites for hydroxylation is 2. The average Bonchev–Trinajstić information content (AvgIpc) is 2.77. The highest BCUT2D eigenvalue weighted by Gasteiger charge is 2.25. The van der Waals surface area contributed by atoms with E-state index in [0.29, 0.717) is 31.7 Å². The number of piperazine rings is 1. The predicted molar refractivity (Wildman–Crippen MR) is 120 cm³/mol. The van der Waals surface area contributed by atoms with Gasteiger partial charge in [0.05, 0.1) is 26.2 Å². The zero-order chi connectivity index (χ0) is 22.2. The number of carbonyl (C=O) groups is 3. The van der Waals surface area contributed by atoms with Gasteiger partial charge in [-0.3, -0.25) is 14.4 Å². The minimum Gasteiger partial charge on any atom is -0.352 e. The van der Waals surface area contributed by atoms with Crippen LogP contribution < -0.4 is 15.5 Å². The van der Waals surface area contributed by atoms with Gasteiger partial charge >= 0.3 is 0 Å². The molecule has 1 aliphatic rings. The van der Waals surface area contributed by atoms with Crippen molar-refractivity contribution in [1.82, 2.24) is 10.2 Å². The molecule has 1 saturated heterocycles. The normalized spacial score (nSPS) is 14.2. The summed E-state index contributed by atoms with van der Waals surface area (Å²) in [6.07, 6.45) is 0.279. The quantitative estimate of drug-likeness (QED) is 0.616. The number of carbonyl (C=O) groups excluding carboxylic acids is 3. The van der Waals surface area contributed by atoms with Gasteiger partial charge in [0.25, 0.3) is 11.8 Å². The highest BCUT2D eigenvalue weighted by molar-refractivity contribution is 5.94. The first-order valence-corrected chi connectivity index (χ1v) is 10.7. The molecule has 7 nitrogen and oxygen atoms in total. The van der Waals surface area contributed by atoms with Crippen molar-refractivity contribution in [2.24, 2.45) is 0 Å². The van der Waals surface area contributed by atoms with Crippen molar-refractivity contribution in [2.45, 2.75) is 20.3 Å². The molecule has 2 aromatic rings. The van der Waals surface area contributed by atoms with Gasteiger partial charge in [0.1, 0.15) is 0 Å². The first-order valence-electron chi connectivity index (χ1n) is 10.7. The molecule has 1 heterocycles. The zero-order valence-corrected chi connectivity index (χ0v) is 18.2. The molecule has 0 saturated carbocycles. The van der Waals surface area contributed by atoms with Crippen LogP contribution in [0.5, 0.6) is 0 Å². The van der Waals surface area contributed by atoms with E-state index in [1.165, 1.54) is 4.90 Å². The standard InChI is InChI=1S/C24H30N4O3/c1-18-7-6-8-19(2)23(18)26-21(29)17-27-13-15-28(16-14-27)22(30)11-12-25-24(31)20-9-4-3-5-10-20/h3-10H,11-17H2,1-2H3,(H,25,31)(H,26,29)/p+1. The van der Waals surface area contributed by atoms with E-state index < -0.39 is 0 Å². The molecule has 1 aliphatic heterocycles. The van der Waals surface area contributed by atoms with Crippen LogP contribution in [-0.2, 0) is 9.59 Å². The summed E-state index contributed by atoms with van der Waals surface area (Å²) in [5.41, 5.74) is 3.58. The molecule has 31 heavy (non-hydrogen) atoms. The van der Waals surface area contributed by atoms with Crippen LogP contribution >= 0.6 is 0 Å². The Balaban J connectivity index is 1.37. The summed E-state index contributed by atoms with van der Waals surface area (Å²) < 4.78 is 0. The molecule has 1 fully saturated rings. The van der Waals surface area contributed by atoms with E-state index >= 15 is 0 Å². The van der Waals surface area contributed by atoms with Crippen LogP contribution in [-0.4, -0.2) is 61.9 Å². The number of amides is 3. The first kappa shape index (κ1) is 22.5. The molecule has 0 atom stereocenters. The predicted octanol–water partition coefficient (Wildman–Crippen LogP) is 0.789. The molecule has 3 N–H and O–H groups in total. The number of benzene rings is 2. The fourth-order valence-corrected chi connectivity index (χ4v) is 3.80. The molecule has 164 valence electrons. The maximum absolute atomic E-state index is 12.5. The van der Waals surface area contributed by atoms with Gasteiger partial charge in [0.2, 0.25) is 5.91 Å². The van der Waals surface area contributed by atoms with Gasteiger partial charge in [-0.1, -0.05) is 36.4 Å². The van der Waals surface area contributed by atoms with E-state index in [1.807, 2.05) is 55.1 Å². The summed E-state index contributed by atoms with van der Waals surface area (Å²) in [6, 6.07) is 14.9. The molecule has 2 aromatic carbocycles. The molecule has 0 bridgehead atoms. The Morgan fingerprint density at radius 1 is 0.935 bits per heavy atom. The van der Waals surface area contributed by atoms with Crippen molar-refractivity contribution in [3.05, 3.63) is 65.2 Å². The number of para-hydroxylation sites is 1. The molecule has 7 heteroatoms. The number of hydrogen-bond donors (Lipinski definition) is 3. The van der Waals surface area contributed by atoms with Gasteiger partial charge in [-0.05, 0) is 37.1 Å². The van der Waals surface area contributed by atoms with E-state index in [4.69, 9.17) is 0 Å². The lowest BCUT2D eigenvalue weighted by Crippen LogP contribution is -3.15. The molecule has 0 unspecified atom stereocenters. The van der Waals surface area contributed by atoms with Crippen LogP contribution in [0.4, 0.5) is 5.69 Å². The third-order valence-corrected chi connectivity index (χ3v) is 5.64. The molecule has 0 radical (unpaired) electrons. The topological polar surface area (TPSA) is 82.9 Å². The number of hydrogen-bond acceptors (Lipinski definition) is 3. The monoisotopic (exact) mass is 423 g/mol. The summed E-state index contributed by atoms with van der Waals surface area (Å²) >= 11 is 0. The van der Waals surface area contributed by atoms with E-state index in [2.05, 4.69) is 10.6 Å². The smallest absolute Gasteiger partial charge is 0.279 e.